The zero-order valence-corrected chi connectivity index (χ0v) is 18.1. The van der Waals surface area contributed by atoms with E-state index in [-0.39, 0.29) is 12.0 Å². The van der Waals surface area contributed by atoms with Crippen molar-refractivity contribution in [3.63, 3.8) is 0 Å². The molecule has 164 valence electrons. The van der Waals surface area contributed by atoms with Crippen molar-refractivity contribution >= 4 is 5.91 Å². The molecular weight excluding hydrogens is 402 g/mol. The number of nitrogens with one attached hydrogen (secondary N) is 1. The van der Waals surface area contributed by atoms with E-state index < -0.39 is 0 Å². The van der Waals surface area contributed by atoms with E-state index in [1.165, 1.54) is 16.7 Å². The van der Waals surface area contributed by atoms with Crippen molar-refractivity contribution in [3.8, 4) is 17.2 Å². The Morgan fingerprint density at radius 1 is 1.09 bits per heavy atom. The molecule has 7 nitrogen and oxygen atoms in total. The fourth-order valence-electron chi connectivity index (χ4n) is 4.90. The number of amides is 1. The number of ether oxygens (including phenoxy) is 1. The monoisotopic (exact) mass is 429 g/mol. The van der Waals surface area contributed by atoms with Gasteiger partial charge in [-0.2, -0.15) is 5.10 Å². The molecule has 32 heavy (non-hydrogen) atoms. The van der Waals surface area contributed by atoms with E-state index in [9.17, 15) is 4.79 Å². The van der Waals surface area contributed by atoms with Gasteiger partial charge in [0.05, 0.1) is 29.3 Å². The lowest BCUT2D eigenvalue weighted by Crippen LogP contribution is -2.32. The molecule has 1 N–H and O–H groups in total. The molecule has 1 aliphatic heterocycles. The molecule has 1 atom stereocenters. The summed E-state index contributed by atoms with van der Waals surface area (Å²) >= 11 is 0. The number of fused-ring (bicyclic) bond motifs is 3. The number of hydrogen-bond acceptors (Lipinski definition) is 5. The number of carbonyl (C=O) groups is 1. The van der Waals surface area contributed by atoms with Crippen molar-refractivity contribution < 1.29 is 9.53 Å². The summed E-state index contributed by atoms with van der Waals surface area (Å²) in [7, 11) is 0. The average molecular weight is 430 g/mol. The molecule has 2 fully saturated rings. The minimum Gasteiger partial charge on any atom is -0.376 e. The van der Waals surface area contributed by atoms with Crippen molar-refractivity contribution in [2.75, 3.05) is 13.2 Å². The Morgan fingerprint density at radius 2 is 1.97 bits per heavy atom. The van der Waals surface area contributed by atoms with Gasteiger partial charge in [-0.25, -0.2) is 14.6 Å². The van der Waals surface area contributed by atoms with E-state index in [2.05, 4.69) is 39.7 Å². The molecule has 0 radical (unpaired) electrons. The van der Waals surface area contributed by atoms with Gasteiger partial charge >= 0.3 is 0 Å². The first-order valence-electron chi connectivity index (χ1n) is 11.7. The Bertz CT molecular complexity index is 1160. The van der Waals surface area contributed by atoms with Crippen LogP contribution in [0.15, 0.2) is 36.7 Å². The number of aryl methyl sites for hydroxylation is 2. The highest BCUT2D eigenvalue weighted by Crippen LogP contribution is 2.42. The SMILES string of the molecule is O=C(NC[C@@H]1CCCO1)c1cnn(-c2ncc3c(n2)-c2ccccc2CCC3)c1C1CC1. The van der Waals surface area contributed by atoms with Crippen LogP contribution in [0.3, 0.4) is 0 Å². The summed E-state index contributed by atoms with van der Waals surface area (Å²) in [6, 6.07) is 8.49. The molecular formula is C25H27N5O2. The zero-order valence-electron chi connectivity index (χ0n) is 18.1. The summed E-state index contributed by atoms with van der Waals surface area (Å²) in [6.07, 6.45) is 11.0. The van der Waals surface area contributed by atoms with E-state index in [4.69, 9.17) is 9.72 Å². The van der Waals surface area contributed by atoms with Crippen LogP contribution in [0.5, 0.6) is 0 Å². The van der Waals surface area contributed by atoms with Crippen molar-refractivity contribution in [2.45, 2.75) is 57.0 Å². The summed E-state index contributed by atoms with van der Waals surface area (Å²) in [5, 5.41) is 7.62. The summed E-state index contributed by atoms with van der Waals surface area (Å²) in [5.74, 6) is 0.782. The van der Waals surface area contributed by atoms with Crippen molar-refractivity contribution in [2.24, 2.45) is 0 Å². The number of aromatic nitrogens is 4. The van der Waals surface area contributed by atoms with Gasteiger partial charge in [0.25, 0.3) is 11.9 Å². The minimum atomic E-state index is -0.0891. The van der Waals surface area contributed by atoms with Gasteiger partial charge in [-0.1, -0.05) is 24.3 Å². The molecule has 7 heteroatoms. The van der Waals surface area contributed by atoms with E-state index in [1.807, 2.05) is 6.20 Å². The van der Waals surface area contributed by atoms with Crippen LogP contribution in [-0.2, 0) is 17.6 Å². The van der Waals surface area contributed by atoms with Crippen LogP contribution in [0, 0.1) is 0 Å². The van der Waals surface area contributed by atoms with E-state index in [1.54, 1.807) is 10.9 Å². The third-order valence-corrected chi connectivity index (χ3v) is 6.74. The van der Waals surface area contributed by atoms with Crippen LogP contribution in [-0.4, -0.2) is 44.9 Å². The highest BCUT2D eigenvalue weighted by molar-refractivity contribution is 5.95. The van der Waals surface area contributed by atoms with Crippen molar-refractivity contribution in [1.29, 1.82) is 0 Å². The quantitative estimate of drug-likeness (QED) is 0.670. The van der Waals surface area contributed by atoms with Gasteiger partial charge < -0.3 is 10.1 Å². The predicted octanol–water partition coefficient (Wildman–Crippen LogP) is 3.60. The summed E-state index contributed by atoms with van der Waals surface area (Å²) in [4.78, 5) is 22.6. The molecule has 3 aromatic rings. The lowest BCUT2D eigenvalue weighted by Gasteiger charge is -2.13. The Balaban J connectivity index is 1.35. The number of benzene rings is 1. The first-order chi connectivity index (χ1) is 15.8. The van der Waals surface area contributed by atoms with Crippen molar-refractivity contribution in [3.05, 3.63) is 59.0 Å². The second-order valence-corrected chi connectivity index (χ2v) is 9.03. The molecule has 3 aliphatic rings. The topological polar surface area (TPSA) is 81.9 Å². The van der Waals surface area contributed by atoms with Crippen LogP contribution in [0.2, 0.25) is 0 Å². The summed E-state index contributed by atoms with van der Waals surface area (Å²) < 4.78 is 7.42. The molecule has 0 spiro atoms. The summed E-state index contributed by atoms with van der Waals surface area (Å²) in [6.45, 7) is 1.32. The normalized spacial score (nSPS) is 19.8. The van der Waals surface area contributed by atoms with E-state index in [0.717, 1.165) is 62.9 Å². The highest BCUT2D eigenvalue weighted by atomic mass is 16.5. The number of rotatable bonds is 5. The van der Waals surface area contributed by atoms with Crippen LogP contribution in [0.1, 0.15) is 65.2 Å². The lowest BCUT2D eigenvalue weighted by molar-refractivity contribution is 0.0857. The maximum Gasteiger partial charge on any atom is 0.254 e. The van der Waals surface area contributed by atoms with Gasteiger partial charge in [0.1, 0.15) is 0 Å². The molecule has 1 saturated carbocycles. The number of hydrogen-bond donors (Lipinski definition) is 1. The highest BCUT2D eigenvalue weighted by Gasteiger charge is 2.34. The molecule has 1 saturated heterocycles. The van der Waals surface area contributed by atoms with Gasteiger partial charge in [-0.15, -0.1) is 0 Å². The van der Waals surface area contributed by atoms with Crippen LogP contribution in [0.25, 0.3) is 17.2 Å². The molecule has 0 bridgehead atoms. The van der Waals surface area contributed by atoms with Gasteiger partial charge in [0, 0.05) is 30.8 Å². The largest absolute Gasteiger partial charge is 0.376 e. The second-order valence-electron chi connectivity index (χ2n) is 9.03. The maximum absolute atomic E-state index is 13.0. The summed E-state index contributed by atoms with van der Waals surface area (Å²) in [5.41, 5.74) is 6.23. The standard InChI is InChI=1S/C25H27N5O2/c31-24(26-14-19-8-4-12-32-19)21-15-28-30(23(21)17-10-11-17)25-27-13-18-7-3-6-16-5-1-2-9-20(16)22(18)29-25/h1-2,5,9,13,15,17,19H,3-4,6-8,10-12,14H2,(H,26,31)/t19-/m0/s1. The number of nitrogens with zero attached hydrogens (tertiary/aromatic N) is 4. The first-order valence-corrected chi connectivity index (χ1v) is 11.7. The number of carbonyl (C=O) groups excluding carboxylic acids is 1. The molecule has 1 aromatic carbocycles. The van der Waals surface area contributed by atoms with Gasteiger partial charge in [-0.05, 0) is 56.1 Å². The molecule has 6 rings (SSSR count). The zero-order chi connectivity index (χ0) is 21.5. The van der Waals surface area contributed by atoms with Crippen LogP contribution in [0.4, 0.5) is 0 Å². The van der Waals surface area contributed by atoms with Gasteiger partial charge in [0.15, 0.2) is 0 Å². The van der Waals surface area contributed by atoms with Crippen LogP contribution < -0.4 is 5.32 Å². The first kappa shape index (κ1) is 19.6. The van der Waals surface area contributed by atoms with Gasteiger partial charge in [-0.3, -0.25) is 4.79 Å². The Hall–Kier alpha value is -3.06. The minimum absolute atomic E-state index is 0.0891. The third-order valence-electron chi connectivity index (χ3n) is 6.74. The lowest BCUT2D eigenvalue weighted by atomic mass is 10.0. The predicted molar refractivity (Wildman–Crippen MR) is 120 cm³/mol. The van der Waals surface area contributed by atoms with E-state index >= 15 is 0 Å². The Labute approximate surface area is 187 Å². The van der Waals surface area contributed by atoms with Crippen LogP contribution >= 0.6 is 0 Å². The van der Waals surface area contributed by atoms with Gasteiger partial charge in [0.2, 0.25) is 0 Å². The second kappa shape index (κ2) is 8.13. The smallest absolute Gasteiger partial charge is 0.254 e. The van der Waals surface area contributed by atoms with E-state index in [0.29, 0.717) is 24.0 Å². The molecule has 2 aliphatic carbocycles. The average Bonchev–Trinajstić information content (AvgIpc) is 3.39. The Kier molecular flexibility index (Phi) is 4.98. The molecule has 3 heterocycles. The third kappa shape index (κ3) is 3.60. The molecule has 0 unspecified atom stereocenters. The fraction of sp³-hybridized carbons (Fsp3) is 0.440. The molecule has 2 aromatic heterocycles. The Morgan fingerprint density at radius 3 is 2.81 bits per heavy atom. The fourth-order valence-corrected chi connectivity index (χ4v) is 4.90. The van der Waals surface area contributed by atoms with Crippen molar-refractivity contribution in [1.82, 2.24) is 25.1 Å². The maximum atomic E-state index is 13.0. The molecule has 1 amide bonds.